The monoisotopic (exact) mass is 667 g/mol. The highest BCUT2D eigenvalue weighted by Gasteiger charge is 2.33. The van der Waals surface area contributed by atoms with Crippen LogP contribution in [0.4, 0.5) is 0 Å². The van der Waals surface area contributed by atoms with E-state index in [4.69, 9.17) is 20.9 Å². The van der Waals surface area contributed by atoms with Crippen molar-refractivity contribution in [3.63, 3.8) is 0 Å². The molecule has 0 aromatic heterocycles. The van der Waals surface area contributed by atoms with E-state index in [0.717, 1.165) is 0 Å². The predicted octanol–water partition coefficient (Wildman–Crippen LogP) is -0.696. The van der Waals surface area contributed by atoms with Crippen LogP contribution >= 0.6 is 0 Å². The van der Waals surface area contributed by atoms with Crippen LogP contribution in [-0.2, 0) is 35.2 Å². The average Bonchev–Trinajstić information content (AvgIpc) is 3.04. The van der Waals surface area contributed by atoms with E-state index in [-0.39, 0.29) is 45.1 Å². The highest BCUT2D eigenvalue weighted by Crippen LogP contribution is 2.40. The first kappa shape index (κ1) is 37.4. The topological polar surface area (TPSA) is 224 Å². The van der Waals surface area contributed by atoms with Crippen LogP contribution in [-0.4, -0.2) is 98.2 Å². The Kier molecular flexibility index (Phi) is 13.4. The van der Waals surface area contributed by atoms with Crippen molar-refractivity contribution < 1.29 is 38.2 Å². The second kappa shape index (κ2) is 17.2. The number of amides is 5. The molecule has 0 fully saturated rings. The van der Waals surface area contributed by atoms with Gasteiger partial charge in [-0.1, -0.05) is 12.1 Å². The lowest BCUT2D eigenvalue weighted by molar-refractivity contribution is -0.140. The molecule has 0 radical (unpaired) electrons. The van der Waals surface area contributed by atoms with E-state index in [1.807, 2.05) is 0 Å². The summed E-state index contributed by atoms with van der Waals surface area (Å²) >= 11 is 0. The minimum Gasteiger partial charge on any atom is -0.492 e. The van der Waals surface area contributed by atoms with E-state index in [9.17, 15) is 28.8 Å². The third kappa shape index (κ3) is 9.75. The Morgan fingerprint density at radius 1 is 0.938 bits per heavy atom. The number of nitrogens with one attached hydrogen (secondary N) is 4. The molecule has 2 aromatic carbocycles. The number of benzene rings is 2. The number of ketones is 1. The maximum atomic E-state index is 13.9. The summed E-state index contributed by atoms with van der Waals surface area (Å²) in [4.78, 5) is 78.6. The van der Waals surface area contributed by atoms with Crippen LogP contribution in [0, 0.1) is 0 Å². The number of hydrogen-bond donors (Lipinski definition) is 6. The first-order valence-electron chi connectivity index (χ1n) is 15.6. The van der Waals surface area contributed by atoms with Crippen molar-refractivity contribution in [2.45, 2.75) is 58.3 Å². The normalized spacial score (nSPS) is 18.3. The van der Waals surface area contributed by atoms with E-state index >= 15 is 0 Å². The molecule has 0 saturated carbocycles. The van der Waals surface area contributed by atoms with Gasteiger partial charge >= 0.3 is 0 Å². The van der Waals surface area contributed by atoms with Crippen LogP contribution < -0.4 is 42.2 Å². The fraction of sp³-hybridized carbons (Fsp3) is 0.455. The lowest BCUT2D eigenvalue weighted by Crippen LogP contribution is -2.56. The molecule has 260 valence electrons. The third-order valence-corrected chi connectivity index (χ3v) is 7.72. The van der Waals surface area contributed by atoms with E-state index < -0.39 is 53.7 Å². The molecule has 2 aromatic rings. The second-order valence-corrected chi connectivity index (χ2v) is 11.5. The molecule has 48 heavy (non-hydrogen) atoms. The van der Waals surface area contributed by atoms with Crippen molar-refractivity contribution in [2.75, 3.05) is 39.9 Å². The summed E-state index contributed by atoms with van der Waals surface area (Å²) in [6.07, 6.45) is 0.0225. The SMILES string of the molecule is CC(=O)NCC(=O)N(C)C1C(=O)NC(C)C(=O)NC(C(=O)NC(C)C(C)=O)Cc2ccc(OCCN)c(c2)-c2cc1ccc2OCCN. The van der Waals surface area contributed by atoms with Gasteiger partial charge in [-0.2, -0.15) is 0 Å². The molecular formula is C33H45N7O8. The molecule has 0 spiro atoms. The van der Waals surface area contributed by atoms with Gasteiger partial charge < -0.3 is 47.1 Å². The molecule has 1 aliphatic heterocycles. The van der Waals surface area contributed by atoms with Crippen LogP contribution in [0.3, 0.4) is 0 Å². The highest BCUT2D eigenvalue weighted by atomic mass is 16.5. The Hall–Kier alpha value is -5.02. The van der Waals surface area contributed by atoms with Crippen molar-refractivity contribution in [2.24, 2.45) is 11.5 Å². The zero-order chi connectivity index (χ0) is 35.5. The van der Waals surface area contributed by atoms with E-state index in [0.29, 0.717) is 33.8 Å². The van der Waals surface area contributed by atoms with Crippen LogP contribution in [0.2, 0.25) is 0 Å². The molecular weight excluding hydrogens is 622 g/mol. The number of nitrogens with zero attached hydrogens (tertiary/aromatic N) is 1. The highest BCUT2D eigenvalue weighted by molar-refractivity contribution is 5.96. The van der Waals surface area contributed by atoms with Gasteiger partial charge in [-0.15, -0.1) is 0 Å². The Labute approximate surface area is 279 Å². The number of carbonyl (C=O) groups excluding carboxylic acids is 6. The van der Waals surface area contributed by atoms with Gasteiger partial charge in [0, 0.05) is 44.6 Å². The van der Waals surface area contributed by atoms with Crippen LogP contribution in [0.25, 0.3) is 11.1 Å². The van der Waals surface area contributed by atoms with Gasteiger partial charge in [-0.3, -0.25) is 28.8 Å². The fourth-order valence-corrected chi connectivity index (χ4v) is 4.97. The summed E-state index contributed by atoms with van der Waals surface area (Å²) in [6.45, 7) is 6.01. The van der Waals surface area contributed by atoms with Gasteiger partial charge in [-0.05, 0) is 56.2 Å². The molecule has 3 rings (SSSR count). The largest absolute Gasteiger partial charge is 0.492 e. The smallest absolute Gasteiger partial charge is 0.248 e. The van der Waals surface area contributed by atoms with E-state index in [1.165, 1.54) is 39.6 Å². The first-order valence-corrected chi connectivity index (χ1v) is 15.6. The molecule has 4 atom stereocenters. The summed E-state index contributed by atoms with van der Waals surface area (Å²) in [5.74, 6) is -2.41. The van der Waals surface area contributed by atoms with Gasteiger partial charge in [0.25, 0.3) is 0 Å². The maximum absolute atomic E-state index is 13.9. The van der Waals surface area contributed by atoms with Crippen molar-refractivity contribution in [1.29, 1.82) is 0 Å². The molecule has 5 amide bonds. The van der Waals surface area contributed by atoms with Crippen LogP contribution in [0.15, 0.2) is 36.4 Å². The molecule has 0 saturated heterocycles. The van der Waals surface area contributed by atoms with Crippen LogP contribution in [0.1, 0.15) is 44.9 Å². The van der Waals surface area contributed by atoms with Crippen molar-refractivity contribution in [1.82, 2.24) is 26.2 Å². The first-order chi connectivity index (χ1) is 22.8. The summed E-state index contributed by atoms with van der Waals surface area (Å²) in [5.41, 5.74) is 13.5. The predicted molar refractivity (Wildman–Crippen MR) is 177 cm³/mol. The maximum Gasteiger partial charge on any atom is 0.248 e. The van der Waals surface area contributed by atoms with Gasteiger partial charge in [0.05, 0.1) is 12.6 Å². The Morgan fingerprint density at radius 3 is 2.12 bits per heavy atom. The lowest BCUT2D eigenvalue weighted by Gasteiger charge is -2.30. The number of hydrogen-bond acceptors (Lipinski definition) is 10. The second-order valence-electron chi connectivity index (χ2n) is 11.5. The molecule has 1 aliphatic rings. The lowest BCUT2D eigenvalue weighted by atomic mass is 9.93. The van der Waals surface area contributed by atoms with Gasteiger partial charge in [0.1, 0.15) is 42.8 Å². The molecule has 15 heteroatoms. The number of rotatable bonds is 12. The Morgan fingerprint density at radius 2 is 1.54 bits per heavy atom. The molecule has 4 bridgehead atoms. The number of ether oxygens (including phenoxy) is 2. The van der Waals surface area contributed by atoms with E-state index in [2.05, 4.69) is 21.3 Å². The number of likely N-dealkylation sites (N-methyl/N-ethyl adjacent to an activating group) is 1. The molecule has 4 unspecified atom stereocenters. The molecule has 0 aliphatic carbocycles. The minimum atomic E-state index is -1.26. The quantitative estimate of drug-likeness (QED) is 0.167. The Balaban J connectivity index is 2.28. The minimum absolute atomic E-state index is 0.0225. The van der Waals surface area contributed by atoms with Gasteiger partial charge in [0.15, 0.2) is 5.78 Å². The van der Waals surface area contributed by atoms with Crippen molar-refractivity contribution >= 4 is 35.3 Å². The third-order valence-electron chi connectivity index (χ3n) is 7.72. The molecule has 1 heterocycles. The molecule has 8 N–H and O–H groups in total. The Bertz CT molecular complexity index is 1530. The zero-order valence-electron chi connectivity index (χ0n) is 27.9. The van der Waals surface area contributed by atoms with Crippen molar-refractivity contribution in [3.05, 3.63) is 47.5 Å². The number of Topliss-reactive ketones (excluding diaryl/α,β-unsaturated/α-hetero) is 1. The number of fused-ring (bicyclic) bond motifs is 5. The summed E-state index contributed by atoms with van der Waals surface area (Å²) in [7, 11) is 1.41. The molecule has 15 nitrogen and oxygen atoms in total. The fourth-order valence-electron chi connectivity index (χ4n) is 4.97. The standard InChI is InChI=1S/C33H45N7O8/c1-18(20(3)41)37-32(45)26-15-22-6-8-27(47-12-10-34)24(14-22)25-16-23(7-9-28(25)48-13-11-35)30(33(46)38-19(2)31(44)39-26)40(5)29(43)17-36-21(4)42/h6-9,14,16,18-19,26,30H,10-13,15,17,34-35H2,1-5H3,(H,36,42)(H,37,45)(H,38,46)(H,39,44). The van der Waals surface area contributed by atoms with E-state index in [1.54, 1.807) is 36.4 Å². The van der Waals surface area contributed by atoms with Gasteiger partial charge in [0.2, 0.25) is 29.5 Å². The number of carbonyl (C=O) groups is 6. The summed E-state index contributed by atoms with van der Waals surface area (Å²) in [5, 5.41) is 10.4. The van der Waals surface area contributed by atoms with Crippen molar-refractivity contribution in [3.8, 4) is 22.6 Å². The average molecular weight is 668 g/mol. The summed E-state index contributed by atoms with van der Waals surface area (Å²) in [6, 6.07) is 5.83. The van der Waals surface area contributed by atoms with Crippen LogP contribution in [0.5, 0.6) is 11.5 Å². The number of nitrogens with two attached hydrogens (primary N) is 2. The zero-order valence-corrected chi connectivity index (χ0v) is 27.9. The summed E-state index contributed by atoms with van der Waals surface area (Å²) < 4.78 is 12.0. The van der Waals surface area contributed by atoms with Gasteiger partial charge in [-0.25, -0.2) is 0 Å².